The third-order valence-electron chi connectivity index (χ3n) is 10.7. The van der Waals surface area contributed by atoms with Crippen molar-refractivity contribution in [2.75, 3.05) is 6.61 Å². The van der Waals surface area contributed by atoms with Gasteiger partial charge in [-0.15, -0.1) is 0 Å². The molecule has 0 amide bonds. The second-order valence-electron chi connectivity index (χ2n) is 12.6. The first kappa shape index (κ1) is 24.7. The number of aliphatic hydroxyl groups excluding tert-OH is 4. The van der Waals surface area contributed by atoms with Crippen LogP contribution < -0.4 is 0 Å². The Hall–Kier alpha value is -0.460. The molecule has 0 spiro atoms. The van der Waals surface area contributed by atoms with Crippen LogP contribution in [-0.2, 0) is 0 Å². The van der Waals surface area contributed by atoms with Crippen LogP contribution in [0.5, 0.6) is 0 Å². The predicted octanol–water partition coefficient (Wildman–Crippen LogP) is 3.42. The Balaban J connectivity index is 1.54. The predicted molar refractivity (Wildman–Crippen MR) is 125 cm³/mol. The Morgan fingerprint density at radius 3 is 2.53 bits per heavy atom. The minimum absolute atomic E-state index is 0.0228. The van der Waals surface area contributed by atoms with Crippen LogP contribution in [0.15, 0.2) is 11.6 Å². The summed E-state index contributed by atoms with van der Waals surface area (Å²) in [6, 6.07) is 0. The maximum absolute atomic E-state index is 11.6. The van der Waals surface area contributed by atoms with E-state index in [1.54, 1.807) is 6.92 Å². The lowest BCUT2D eigenvalue weighted by molar-refractivity contribution is -0.158. The van der Waals surface area contributed by atoms with E-state index in [2.05, 4.69) is 26.8 Å². The van der Waals surface area contributed by atoms with Crippen LogP contribution in [0.2, 0.25) is 0 Å². The first-order chi connectivity index (χ1) is 14.9. The van der Waals surface area contributed by atoms with E-state index in [1.807, 2.05) is 0 Å². The average Bonchev–Trinajstić information content (AvgIpc) is 3.08. The Kier molecular flexibility index (Phi) is 6.66. The molecule has 5 nitrogen and oxygen atoms in total. The van der Waals surface area contributed by atoms with Crippen molar-refractivity contribution in [3.8, 4) is 0 Å². The molecule has 184 valence electrons. The van der Waals surface area contributed by atoms with E-state index < -0.39 is 11.7 Å². The molecular formula is C27H46O5. The number of aliphatic hydroxyl groups is 5. The highest BCUT2D eigenvalue weighted by atomic mass is 16.3. The molecule has 4 rings (SSSR count). The number of fused-ring (bicyclic) bond motifs is 5. The SMILES string of the molecule is C[C@H](CCCC(C)(O)CO)[C@H]1CC[C@H]2[C@@H]3[C@H](O)C=C4C[C@@H](O)CC[C@]4(C)[C@H]3C[C@H](O)[C@]12C. The number of hydrogen-bond acceptors (Lipinski definition) is 5. The number of hydrogen-bond donors (Lipinski definition) is 5. The van der Waals surface area contributed by atoms with Crippen LogP contribution >= 0.6 is 0 Å². The molecule has 1 unspecified atom stereocenters. The molecule has 0 bridgehead atoms. The van der Waals surface area contributed by atoms with Gasteiger partial charge in [-0.25, -0.2) is 0 Å². The summed E-state index contributed by atoms with van der Waals surface area (Å²) in [5.74, 6) is 1.59. The Bertz CT molecular complexity index is 719. The molecular weight excluding hydrogens is 404 g/mol. The maximum Gasteiger partial charge on any atom is 0.0849 e. The summed E-state index contributed by atoms with van der Waals surface area (Å²) < 4.78 is 0. The fraction of sp³-hybridized carbons (Fsp3) is 0.926. The minimum Gasteiger partial charge on any atom is -0.393 e. The van der Waals surface area contributed by atoms with E-state index >= 15 is 0 Å². The van der Waals surface area contributed by atoms with Crippen molar-refractivity contribution in [2.24, 2.45) is 40.4 Å². The van der Waals surface area contributed by atoms with Crippen molar-refractivity contribution in [1.29, 1.82) is 0 Å². The highest BCUT2D eigenvalue weighted by Crippen LogP contribution is 2.67. The van der Waals surface area contributed by atoms with E-state index in [1.165, 1.54) is 5.57 Å². The highest BCUT2D eigenvalue weighted by molar-refractivity contribution is 5.28. The van der Waals surface area contributed by atoms with Gasteiger partial charge in [0.05, 0.1) is 30.5 Å². The first-order valence-corrected chi connectivity index (χ1v) is 13.0. The van der Waals surface area contributed by atoms with Gasteiger partial charge >= 0.3 is 0 Å². The van der Waals surface area contributed by atoms with Crippen molar-refractivity contribution in [3.05, 3.63) is 11.6 Å². The first-order valence-electron chi connectivity index (χ1n) is 13.0. The van der Waals surface area contributed by atoms with E-state index in [-0.39, 0.29) is 41.5 Å². The summed E-state index contributed by atoms with van der Waals surface area (Å²) in [4.78, 5) is 0. The van der Waals surface area contributed by atoms with Gasteiger partial charge in [0.1, 0.15) is 0 Å². The molecule has 0 aromatic heterocycles. The van der Waals surface area contributed by atoms with Crippen LogP contribution in [0.4, 0.5) is 0 Å². The molecule has 4 aliphatic rings. The maximum atomic E-state index is 11.6. The van der Waals surface area contributed by atoms with Gasteiger partial charge in [-0.2, -0.15) is 0 Å². The molecule has 5 N–H and O–H groups in total. The van der Waals surface area contributed by atoms with E-state index in [9.17, 15) is 25.5 Å². The Morgan fingerprint density at radius 1 is 1.12 bits per heavy atom. The summed E-state index contributed by atoms with van der Waals surface area (Å²) in [6.07, 6.45) is 8.60. The molecule has 0 heterocycles. The molecule has 32 heavy (non-hydrogen) atoms. The molecule has 5 heteroatoms. The van der Waals surface area contributed by atoms with Crippen molar-refractivity contribution in [2.45, 2.75) is 109 Å². The lowest BCUT2D eigenvalue weighted by Crippen LogP contribution is -2.59. The van der Waals surface area contributed by atoms with Crippen LogP contribution in [0.25, 0.3) is 0 Å². The van der Waals surface area contributed by atoms with Crippen LogP contribution in [0.1, 0.15) is 85.5 Å². The van der Waals surface area contributed by atoms with Crippen molar-refractivity contribution < 1.29 is 25.5 Å². The Morgan fingerprint density at radius 2 is 1.84 bits per heavy atom. The van der Waals surface area contributed by atoms with Gasteiger partial charge in [0.2, 0.25) is 0 Å². The zero-order chi connectivity index (χ0) is 23.5. The van der Waals surface area contributed by atoms with Crippen LogP contribution in [0, 0.1) is 40.4 Å². The van der Waals surface area contributed by atoms with Crippen LogP contribution in [-0.4, -0.2) is 56.1 Å². The van der Waals surface area contributed by atoms with Gasteiger partial charge < -0.3 is 25.5 Å². The van der Waals surface area contributed by atoms with Gasteiger partial charge in [-0.3, -0.25) is 0 Å². The fourth-order valence-electron chi connectivity index (χ4n) is 8.65. The molecule has 0 radical (unpaired) electrons. The lowest BCUT2D eigenvalue weighted by Gasteiger charge is -2.61. The van der Waals surface area contributed by atoms with Gasteiger partial charge in [-0.1, -0.05) is 45.3 Å². The molecule has 0 aromatic carbocycles. The zero-order valence-corrected chi connectivity index (χ0v) is 20.5. The van der Waals surface area contributed by atoms with Crippen molar-refractivity contribution in [1.82, 2.24) is 0 Å². The van der Waals surface area contributed by atoms with E-state index in [4.69, 9.17) is 0 Å². The van der Waals surface area contributed by atoms with Gasteiger partial charge in [0, 0.05) is 0 Å². The third-order valence-corrected chi connectivity index (χ3v) is 10.7. The Labute approximate surface area is 193 Å². The summed E-state index contributed by atoms with van der Waals surface area (Å²) in [6.45, 7) is 8.34. The fourth-order valence-corrected chi connectivity index (χ4v) is 8.65. The van der Waals surface area contributed by atoms with E-state index in [0.29, 0.717) is 30.6 Å². The lowest BCUT2D eigenvalue weighted by atomic mass is 9.45. The average molecular weight is 451 g/mol. The summed E-state index contributed by atoms with van der Waals surface area (Å²) in [5, 5.41) is 52.6. The number of rotatable bonds is 6. The molecule has 0 saturated heterocycles. The van der Waals surface area contributed by atoms with Gasteiger partial charge in [0.15, 0.2) is 0 Å². The molecule has 4 aliphatic carbocycles. The highest BCUT2D eigenvalue weighted by Gasteiger charge is 2.64. The second-order valence-corrected chi connectivity index (χ2v) is 12.6. The smallest absolute Gasteiger partial charge is 0.0849 e. The zero-order valence-electron chi connectivity index (χ0n) is 20.5. The van der Waals surface area contributed by atoms with Crippen LogP contribution in [0.3, 0.4) is 0 Å². The molecule has 11 atom stereocenters. The van der Waals surface area contributed by atoms with Gasteiger partial charge in [-0.05, 0) is 92.3 Å². The standard InChI is InChI=1S/C27H46O5/c1-16(6-5-10-25(2,32)15-28)19-7-8-20-24-21(14-23(31)27(19,20)4)26(3)11-9-18(29)12-17(26)13-22(24)30/h13,16,18-24,28-32H,5-12,14-15H2,1-4H3/t16-,18+,19-,20+,21+,22-,23+,24+,25?,26+,27-/m1/s1. The molecule has 3 fully saturated rings. The monoisotopic (exact) mass is 450 g/mol. The third kappa shape index (κ3) is 3.90. The van der Waals surface area contributed by atoms with Crippen molar-refractivity contribution in [3.63, 3.8) is 0 Å². The largest absolute Gasteiger partial charge is 0.393 e. The molecule has 0 aliphatic heterocycles. The molecule has 0 aromatic rings. The van der Waals surface area contributed by atoms with E-state index in [0.717, 1.165) is 44.9 Å². The normalized spacial score (nSPS) is 48.8. The summed E-state index contributed by atoms with van der Waals surface area (Å²) in [7, 11) is 0. The molecule has 3 saturated carbocycles. The minimum atomic E-state index is -1.02. The second kappa shape index (κ2) is 8.64. The van der Waals surface area contributed by atoms with Crippen molar-refractivity contribution >= 4 is 0 Å². The topological polar surface area (TPSA) is 101 Å². The summed E-state index contributed by atoms with van der Waals surface area (Å²) in [5.41, 5.74) is -0.0275. The van der Waals surface area contributed by atoms with Gasteiger partial charge in [0.25, 0.3) is 0 Å². The quantitative estimate of drug-likeness (QED) is 0.399. The summed E-state index contributed by atoms with van der Waals surface area (Å²) >= 11 is 0.